The van der Waals surface area contributed by atoms with Gasteiger partial charge in [0.1, 0.15) is 5.75 Å². The van der Waals surface area contributed by atoms with Crippen LogP contribution in [-0.2, 0) is 4.79 Å². The molecule has 0 heterocycles. The molecule has 7 heteroatoms. The maximum absolute atomic E-state index is 12.1. The summed E-state index contributed by atoms with van der Waals surface area (Å²) >= 11 is 3.46. The van der Waals surface area contributed by atoms with Crippen molar-refractivity contribution in [2.75, 3.05) is 20.3 Å². The van der Waals surface area contributed by atoms with E-state index in [-0.39, 0.29) is 12.5 Å². The molecule has 156 valence electrons. The van der Waals surface area contributed by atoms with E-state index in [0.29, 0.717) is 24.0 Å². The standard InChI is InChI=1S/C22H27BrN2O4/c1-6-28-22-18(23)10-16(11-20(22)27-5)12-24-25-21(26)13-29-19-9-15(4)7-8-17(19)14(2)3/h7-12,14H,6,13H2,1-5H3,(H,25,26)/b24-12+. The number of hydrazone groups is 1. The van der Waals surface area contributed by atoms with Crippen LogP contribution in [0.2, 0.25) is 0 Å². The number of rotatable bonds is 9. The predicted molar refractivity (Wildman–Crippen MR) is 118 cm³/mol. The van der Waals surface area contributed by atoms with Crippen molar-refractivity contribution >= 4 is 28.1 Å². The first-order valence-corrected chi connectivity index (χ1v) is 10.2. The molecule has 0 fully saturated rings. The molecular weight excluding hydrogens is 436 g/mol. The number of carbonyl (C=O) groups excluding carboxylic acids is 1. The van der Waals surface area contributed by atoms with Gasteiger partial charge in [-0.1, -0.05) is 26.0 Å². The van der Waals surface area contributed by atoms with Crippen LogP contribution in [0.5, 0.6) is 17.2 Å². The molecule has 0 saturated heterocycles. The largest absolute Gasteiger partial charge is 0.493 e. The molecule has 29 heavy (non-hydrogen) atoms. The Balaban J connectivity index is 1.99. The number of benzene rings is 2. The van der Waals surface area contributed by atoms with E-state index in [1.54, 1.807) is 13.2 Å². The van der Waals surface area contributed by atoms with Crippen LogP contribution in [0, 0.1) is 6.92 Å². The fourth-order valence-corrected chi connectivity index (χ4v) is 3.27. The van der Waals surface area contributed by atoms with E-state index in [1.165, 1.54) is 6.21 Å². The van der Waals surface area contributed by atoms with Gasteiger partial charge in [-0.25, -0.2) is 5.43 Å². The van der Waals surface area contributed by atoms with Crippen molar-refractivity contribution in [3.63, 3.8) is 0 Å². The van der Waals surface area contributed by atoms with Crippen LogP contribution < -0.4 is 19.6 Å². The molecule has 2 aromatic rings. The first kappa shape index (κ1) is 22.7. The predicted octanol–water partition coefficient (Wildman–Crippen LogP) is 4.82. The molecular formula is C22H27BrN2O4. The Labute approximate surface area is 180 Å². The number of nitrogens with zero attached hydrogens (tertiary/aromatic N) is 1. The highest BCUT2D eigenvalue weighted by molar-refractivity contribution is 9.10. The maximum Gasteiger partial charge on any atom is 0.277 e. The topological polar surface area (TPSA) is 69.2 Å². The number of methoxy groups -OCH3 is 1. The fraction of sp³-hybridized carbons (Fsp3) is 0.364. The second-order valence-electron chi connectivity index (χ2n) is 6.74. The van der Waals surface area contributed by atoms with Gasteiger partial charge in [-0.2, -0.15) is 5.10 Å². The van der Waals surface area contributed by atoms with Crippen molar-refractivity contribution in [2.24, 2.45) is 5.10 Å². The van der Waals surface area contributed by atoms with Crippen LogP contribution in [0.1, 0.15) is 43.4 Å². The molecule has 0 aliphatic heterocycles. The normalized spacial score (nSPS) is 11.0. The summed E-state index contributed by atoms with van der Waals surface area (Å²) in [5.41, 5.74) is 5.38. The van der Waals surface area contributed by atoms with Crippen LogP contribution >= 0.6 is 15.9 Å². The zero-order valence-electron chi connectivity index (χ0n) is 17.4. The molecule has 0 saturated carbocycles. The monoisotopic (exact) mass is 462 g/mol. The van der Waals surface area contributed by atoms with Crippen molar-refractivity contribution in [1.82, 2.24) is 5.43 Å². The van der Waals surface area contributed by atoms with Gasteiger partial charge in [0.15, 0.2) is 18.1 Å². The highest BCUT2D eigenvalue weighted by atomic mass is 79.9. The van der Waals surface area contributed by atoms with E-state index in [9.17, 15) is 4.79 Å². The Morgan fingerprint density at radius 2 is 1.97 bits per heavy atom. The molecule has 0 aliphatic rings. The first-order chi connectivity index (χ1) is 13.8. The van der Waals surface area contributed by atoms with Crippen molar-refractivity contribution in [3.8, 4) is 17.2 Å². The van der Waals surface area contributed by atoms with E-state index < -0.39 is 0 Å². The Morgan fingerprint density at radius 3 is 2.62 bits per heavy atom. The molecule has 0 atom stereocenters. The van der Waals surface area contributed by atoms with E-state index in [1.807, 2.05) is 38.1 Å². The van der Waals surface area contributed by atoms with E-state index in [0.717, 1.165) is 26.9 Å². The molecule has 0 spiro atoms. The summed E-state index contributed by atoms with van der Waals surface area (Å²) in [5.74, 6) is 1.90. The van der Waals surface area contributed by atoms with Crippen LogP contribution in [0.3, 0.4) is 0 Å². The molecule has 2 rings (SSSR count). The summed E-state index contributed by atoms with van der Waals surface area (Å²) < 4.78 is 17.4. The van der Waals surface area contributed by atoms with Gasteiger partial charge >= 0.3 is 0 Å². The summed E-state index contributed by atoms with van der Waals surface area (Å²) in [6.45, 7) is 8.48. The van der Waals surface area contributed by atoms with Crippen molar-refractivity contribution in [3.05, 3.63) is 51.5 Å². The number of amides is 1. The molecule has 0 aliphatic carbocycles. The number of hydrogen-bond donors (Lipinski definition) is 1. The van der Waals surface area contributed by atoms with Gasteiger partial charge in [0.05, 0.1) is 24.4 Å². The van der Waals surface area contributed by atoms with E-state index >= 15 is 0 Å². The zero-order chi connectivity index (χ0) is 21.4. The average molecular weight is 463 g/mol. The molecule has 1 amide bonds. The number of carbonyl (C=O) groups is 1. The second-order valence-corrected chi connectivity index (χ2v) is 7.60. The minimum absolute atomic E-state index is 0.114. The Hall–Kier alpha value is -2.54. The van der Waals surface area contributed by atoms with Crippen molar-refractivity contribution in [2.45, 2.75) is 33.6 Å². The van der Waals surface area contributed by atoms with Crippen LogP contribution in [0.25, 0.3) is 0 Å². The number of halogens is 1. The number of aryl methyl sites for hydroxylation is 1. The van der Waals surface area contributed by atoms with Gasteiger partial charge in [0, 0.05) is 0 Å². The minimum Gasteiger partial charge on any atom is -0.493 e. The highest BCUT2D eigenvalue weighted by Crippen LogP contribution is 2.36. The number of hydrogen-bond acceptors (Lipinski definition) is 5. The van der Waals surface area contributed by atoms with Crippen molar-refractivity contribution < 1.29 is 19.0 Å². The van der Waals surface area contributed by atoms with Gasteiger partial charge in [-0.05, 0) is 70.6 Å². The van der Waals surface area contributed by atoms with Crippen LogP contribution in [0.15, 0.2) is 39.9 Å². The molecule has 0 aromatic heterocycles. The summed E-state index contributed by atoms with van der Waals surface area (Å²) in [7, 11) is 1.57. The van der Waals surface area contributed by atoms with Gasteiger partial charge in [-0.3, -0.25) is 4.79 Å². The lowest BCUT2D eigenvalue weighted by molar-refractivity contribution is -0.123. The highest BCUT2D eigenvalue weighted by Gasteiger charge is 2.11. The molecule has 0 bridgehead atoms. The van der Waals surface area contributed by atoms with Crippen LogP contribution in [-0.4, -0.2) is 32.4 Å². The molecule has 0 unspecified atom stereocenters. The molecule has 1 N–H and O–H groups in total. The summed E-state index contributed by atoms with van der Waals surface area (Å²) in [4.78, 5) is 12.1. The third kappa shape index (κ3) is 6.49. The second kappa shape index (κ2) is 10.9. The molecule has 6 nitrogen and oxygen atoms in total. The Kier molecular flexibility index (Phi) is 8.51. The summed E-state index contributed by atoms with van der Waals surface area (Å²) in [6.07, 6.45) is 1.53. The fourth-order valence-electron chi connectivity index (χ4n) is 2.70. The van der Waals surface area contributed by atoms with Gasteiger partial charge in [0.25, 0.3) is 5.91 Å². The van der Waals surface area contributed by atoms with Gasteiger partial charge in [0.2, 0.25) is 0 Å². The first-order valence-electron chi connectivity index (χ1n) is 9.41. The quantitative estimate of drug-likeness (QED) is 0.428. The van der Waals surface area contributed by atoms with E-state index in [4.69, 9.17) is 14.2 Å². The summed E-state index contributed by atoms with van der Waals surface area (Å²) in [6, 6.07) is 9.62. The number of ether oxygens (including phenoxy) is 3. The molecule has 0 radical (unpaired) electrons. The number of nitrogens with one attached hydrogen (secondary N) is 1. The Bertz CT molecular complexity index is 881. The lowest BCUT2D eigenvalue weighted by atomic mass is 10.0. The minimum atomic E-state index is -0.338. The molecule has 2 aromatic carbocycles. The maximum atomic E-state index is 12.1. The van der Waals surface area contributed by atoms with Crippen molar-refractivity contribution in [1.29, 1.82) is 0 Å². The SMILES string of the molecule is CCOc1c(Br)cc(/C=N/NC(=O)COc2cc(C)ccc2C(C)C)cc1OC. The van der Waals surface area contributed by atoms with Gasteiger partial charge in [-0.15, -0.1) is 0 Å². The third-order valence-corrected chi connectivity index (χ3v) is 4.68. The lowest BCUT2D eigenvalue weighted by Gasteiger charge is -2.14. The van der Waals surface area contributed by atoms with Gasteiger partial charge < -0.3 is 14.2 Å². The lowest BCUT2D eigenvalue weighted by Crippen LogP contribution is -2.25. The zero-order valence-corrected chi connectivity index (χ0v) is 19.0. The smallest absolute Gasteiger partial charge is 0.277 e. The van der Waals surface area contributed by atoms with Crippen LogP contribution in [0.4, 0.5) is 0 Å². The van der Waals surface area contributed by atoms with E-state index in [2.05, 4.69) is 40.3 Å². The Morgan fingerprint density at radius 1 is 1.21 bits per heavy atom. The average Bonchev–Trinajstić information content (AvgIpc) is 2.68. The third-order valence-electron chi connectivity index (χ3n) is 4.09. The summed E-state index contributed by atoms with van der Waals surface area (Å²) in [5, 5.41) is 4.00.